The Labute approximate surface area is 257 Å². The van der Waals surface area contributed by atoms with E-state index >= 15 is 8.78 Å². The van der Waals surface area contributed by atoms with Crippen molar-refractivity contribution in [2.75, 3.05) is 6.54 Å². The Morgan fingerprint density at radius 3 is 2.56 bits per heavy atom. The highest BCUT2D eigenvalue weighted by Gasteiger charge is 2.50. The van der Waals surface area contributed by atoms with Crippen molar-refractivity contribution in [1.82, 2.24) is 15.1 Å². The van der Waals surface area contributed by atoms with Crippen molar-refractivity contribution >= 4 is 17.5 Å². The number of carbonyl (C=O) groups excluding carboxylic acids is 1. The van der Waals surface area contributed by atoms with Gasteiger partial charge in [0.1, 0.15) is 18.1 Å². The van der Waals surface area contributed by atoms with E-state index in [9.17, 15) is 18.4 Å². The quantitative estimate of drug-likeness (QED) is 0.229. The molecule has 3 aliphatic rings. The summed E-state index contributed by atoms with van der Waals surface area (Å²) in [6.07, 6.45) is -0.189. The van der Waals surface area contributed by atoms with E-state index in [0.717, 1.165) is 43.3 Å². The van der Waals surface area contributed by atoms with Crippen LogP contribution in [0.4, 0.5) is 17.6 Å². The lowest BCUT2D eigenvalue weighted by atomic mass is 9.80. The highest BCUT2D eigenvalue weighted by molar-refractivity contribution is 6.34. The first-order chi connectivity index (χ1) is 21.6. The Kier molecular flexibility index (Phi) is 6.97. The lowest BCUT2D eigenvalue weighted by Gasteiger charge is -2.35. The molecule has 3 N–H and O–H groups in total. The number of primary amides is 1. The number of hydrogen-bond donors (Lipinski definition) is 2. The number of carbonyl (C=O) groups is 1. The smallest absolute Gasteiger partial charge is 0.313 e. The van der Waals surface area contributed by atoms with Gasteiger partial charge in [-0.3, -0.25) is 9.59 Å². The molecule has 0 bridgehead atoms. The van der Waals surface area contributed by atoms with Crippen molar-refractivity contribution in [1.29, 1.82) is 0 Å². The van der Waals surface area contributed by atoms with Crippen LogP contribution in [0.3, 0.4) is 0 Å². The number of hydrogen-bond acceptors (Lipinski definition) is 7. The number of nitrogens with zero attached hydrogens (tertiary/aromatic N) is 2. The van der Waals surface area contributed by atoms with Crippen LogP contribution in [0, 0.1) is 11.6 Å². The second-order valence-corrected chi connectivity index (χ2v) is 11.3. The molecule has 0 aliphatic carbocycles. The summed E-state index contributed by atoms with van der Waals surface area (Å²) in [5.41, 5.74) is 3.70. The first kappa shape index (κ1) is 29.1. The summed E-state index contributed by atoms with van der Waals surface area (Å²) in [6, 6.07) is 11.3. The number of fused-ring (bicyclic) bond motifs is 3. The molecule has 45 heavy (non-hydrogen) atoms. The van der Waals surface area contributed by atoms with Crippen molar-refractivity contribution in [3.8, 4) is 39.9 Å². The monoisotopic (exact) mass is 642 g/mol. The molecule has 1 saturated heterocycles. The number of nitrogens with one attached hydrogen (secondary N) is 1. The minimum absolute atomic E-state index is 0.114. The van der Waals surface area contributed by atoms with Crippen LogP contribution in [0.1, 0.15) is 34.3 Å². The van der Waals surface area contributed by atoms with Gasteiger partial charge in [-0.15, -0.1) is 0 Å². The maximum absolute atomic E-state index is 16.7. The molecule has 3 aromatic carbocycles. The molecule has 4 aromatic rings. The molecule has 1 fully saturated rings. The third-order valence-corrected chi connectivity index (χ3v) is 8.68. The maximum atomic E-state index is 16.7. The zero-order chi connectivity index (χ0) is 31.6. The molecule has 0 unspecified atom stereocenters. The number of amides is 1. The molecule has 0 radical (unpaired) electrons. The molecular weight excluding hydrogens is 620 g/mol. The van der Waals surface area contributed by atoms with Crippen LogP contribution in [-0.4, -0.2) is 34.7 Å². The first-order valence-electron chi connectivity index (χ1n) is 14.0. The van der Waals surface area contributed by atoms with Gasteiger partial charge in [0.05, 0.1) is 22.8 Å². The topological polar surface area (TPSA) is 118 Å². The van der Waals surface area contributed by atoms with Crippen LogP contribution in [0.25, 0.3) is 11.1 Å². The van der Waals surface area contributed by atoms with Gasteiger partial charge in [0.25, 0.3) is 6.43 Å². The first-order valence-corrected chi connectivity index (χ1v) is 14.4. The Morgan fingerprint density at radius 1 is 1.11 bits per heavy atom. The molecule has 1 amide bonds. The second kappa shape index (κ2) is 10.8. The van der Waals surface area contributed by atoms with E-state index in [1.165, 1.54) is 0 Å². The fourth-order valence-corrected chi connectivity index (χ4v) is 6.61. The lowest BCUT2D eigenvalue weighted by Crippen LogP contribution is -2.48. The van der Waals surface area contributed by atoms with Crippen LogP contribution in [-0.2, 0) is 18.6 Å². The normalized spacial score (nSPS) is 19.7. The largest absolute Gasteiger partial charge is 0.480 e. The number of nitrogens with two attached hydrogens (primary N) is 1. The Hall–Kier alpha value is -4.62. The molecular formula is C31H23ClF4N4O5. The van der Waals surface area contributed by atoms with Gasteiger partial charge in [-0.2, -0.15) is 5.10 Å². The van der Waals surface area contributed by atoms with Gasteiger partial charge < -0.3 is 25.3 Å². The zero-order valence-corrected chi connectivity index (χ0v) is 24.0. The van der Waals surface area contributed by atoms with Crippen molar-refractivity contribution in [3.05, 3.63) is 92.4 Å². The van der Waals surface area contributed by atoms with Crippen LogP contribution in [0.5, 0.6) is 28.7 Å². The van der Waals surface area contributed by atoms with Gasteiger partial charge in [-0.25, -0.2) is 22.2 Å². The SMILES string of the molecule is NC(=O)c1cc2c(c(F)c1-c1c(Cl)c(F)cc3c1C[C@](c1ccccc1)([C@@H]1CCCN1)O3)Oc1cnn(CC(F)F)c(=O)c1O2. The number of alkyl halides is 2. The summed E-state index contributed by atoms with van der Waals surface area (Å²) in [6.45, 7) is -0.276. The number of aromatic nitrogens is 2. The Bertz CT molecular complexity index is 1930. The third-order valence-electron chi connectivity index (χ3n) is 8.31. The number of ether oxygens (including phenoxy) is 3. The van der Waals surface area contributed by atoms with Crippen LogP contribution >= 0.6 is 11.6 Å². The highest BCUT2D eigenvalue weighted by Crippen LogP contribution is 2.55. The van der Waals surface area contributed by atoms with Gasteiger partial charge in [0, 0.05) is 29.2 Å². The summed E-state index contributed by atoms with van der Waals surface area (Å²) in [5, 5.41) is 6.63. The fraction of sp³-hybridized carbons (Fsp3) is 0.258. The summed E-state index contributed by atoms with van der Waals surface area (Å²) < 4.78 is 76.3. The standard InChI is InChI=1S/C31H23ClF4N4O5/c32-25-17(33)10-18-16(11-31(45-18,21-7-4-8-38-21)14-5-2-1-3-6-14)23(25)24-15(29(37)41)9-19-27(26(24)36)44-20-12-39-40(13-22(34)35)30(42)28(20)43-19/h1-3,5-6,9-10,12,21-22,38H,4,7-8,11,13H2,(H2,37,41)/t21-,31-/m0/s1. The molecule has 9 nitrogen and oxygen atoms in total. The van der Waals surface area contributed by atoms with E-state index in [2.05, 4.69) is 10.4 Å². The fourth-order valence-electron chi connectivity index (χ4n) is 6.34. The van der Waals surface area contributed by atoms with Crippen LogP contribution in [0.2, 0.25) is 5.02 Å². The van der Waals surface area contributed by atoms with E-state index in [0.29, 0.717) is 10.2 Å². The third kappa shape index (κ3) is 4.60. The summed E-state index contributed by atoms with van der Waals surface area (Å²) >= 11 is 6.55. The Morgan fingerprint density at radius 2 is 1.87 bits per heavy atom. The van der Waals surface area contributed by atoms with E-state index in [-0.39, 0.29) is 29.5 Å². The van der Waals surface area contributed by atoms with Gasteiger partial charge in [-0.1, -0.05) is 41.9 Å². The second-order valence-electron chi connectivity index (χ2n) is 10.9. The van der Waals surface area contributed by atoms with Crippen LogP contribution < -0.4 is 30.8 Å². The lowest BCUT2D eigenvalue weighted by molar-refractivity contribution is 0.0539. The maximum Gasteiger partial charge on any atom is 0.313 e. The summed E-state index contributed by atoms with van der Waals surface area (Å²) in [4.78, 5) is 25.5. The van der Waals surface area contributed by atoms with E-state index in [4.69, 9.17) is 31.5 Å². The minimum atomic E-state index is -2.89. The summed E-state index contributed by atoms with van der Waals surface area (Å²) in [5.74, 6) is -5.02. The molecule has 7 rings (SSSR count). The predicted molar refractivity (Wildman–Crippen MR) is 153 cm³/mol. The van der Waals surface area contributed by atoms with Crippen LogP contribution in [0.15, 0.2) is 53.5 Å². The summed E-state index contributed by atoms with van der Waals surface area (Å²) in [7, 11) is 0. The van der Waals surface area contributed by atoms with E-state index in [1.54, 1.807) is 0 Å². The van der Waals surface area contributed by atoms with E-state index < -0.39 is 75.1 Å². The average molecular weight is 643 g/mol. The van der Waals surface area contributed by atoms with Gasteiger partial charge >= 0.3 is 5.56 Å². The molecule has 0 spiro atoms. The number of halogens is 5. The predicted octanol–water partition coefficient (Wildman–Crippen LogP) is 5.69. The Balaban J connectivity index is 1.41. The molecule has 4 heterocycles. The molecule has 3 aliphatic heterocycles. The van der Waals surface area contributed by atoms with Gasteiger partial charge in [0.15, 0.2) is 22.9 Å². The van der Waals surface area contributed by atoms with Crippen molar-refractivity contribution in [2.45, 2.75) is 43.9 Å². The number of rotatable bonds is 6. The van der Waals surface area contributed by atoms with Crippen molar-refractivity contribution < 1.29 is 36.6 Å². The zero-order valence-electron chi connectivity index (χ0n) is 23.2. The van der Waals surface area contributed by atoms with Crippen molar-refractivity contribution in [3.63, 3.8) is 0 Å². The average Bonchev–Trinajstić information content (AvgIpc) is 3.69. The van der Waals surface area contributed by atoms with E-state index in [1.807, 2.05) is 30.3 Å². The highest BCUT2D eigenvalue weighted by atomic mass is 35.5. The molecule has 14 heteroatoms. The minimum Gasteiger partial charge on any atom is -0.480 e. The molecule has 232 valence electrons. The van der Waals surface area contributed by atoms with Gasteiger partial charge in [-0.05, 0) is 31.0 Å². The number of benzene rings is 3. The van der Waals surface area contributed by atoms with Gasteiger partial charge in [0.2, 0.25) is 17.4 Å². The molecule has 1 aromatic heterocycles. The van der Waals surface area contributed by atoms with Crippen molar-refractivity contribution in [2.24, 2.45) is 5.73 Å². The molecule has 0 saturated carbocycles. The molecule has 2 atom stereocenters.